The Hall–Kier alpha value is -1.93. The van der Waals surface area contributed by atoms with Crippen molar-refractivity contribution < 1.29 is 8.42 Å². The van der Waals surface area contributed by atoms with Crippen molar-refractivity contribution in [1.82, 2.24) is 20.5 Å². The normalized spacial score (nSPS) is 11.5. The van der Waals surface area contributed by atoms with Gasteiger partial charge in [0.2, 0.25) is 5.03 Å². The van der Waals surface area contributed by atoms with E-state index in [4.69, 9.17) is 0 Å². The molecule has 7 nitrogen and oxygen atoms in total. The monoisotopic (exact) mass is 281 g/mol. The minimum Gasteiger partial charge on any atom is -0.316 e. The van der Waals surface area contributed by atoms with Crippen LogP contribution in [0.4, 0.5) is 5.82 Å². The number of aromatic amines is 1. The van der Waals surface area contributed by atoms with Gasteiger partial charge >= 0.3 is 0 Å². The van der Waals surface area contributed by atoms with Crippen molar-refractivity contribution in [2.45, 2.75) is 18.5 Å². The van der Waals surface area contributed by atoms with Gasteiger partial charge < -0.3 is 5.32 Å². The van der Waals surface area contributed by atoms with E-state index in [0.29, 0.717) is 12.1 Å². The molecule has 2 heterocycles. The maximum absolute atomic E-state index is 12.2. The summed E-state index contributed by atoms with van der Waals surface area (Å²) in [6, 6.07) is 4.99. The molecule has 2 rings (SSSR count). The highest BCUT2D eigenvalue weighted by molar-refractivity contribution is 7.92. The van der Waals surface area contributed by atoms with E-state index in [1.165, 1.54) is 6.20 Å². The fourth-order valence-electron chi connectivity index (χ4n) is 1.65. The van der Waals surface area contributed by atoms with Crippen LogP contribution in [0.3, 0.4) is 0 Å². The SMILES string of the molecule is CNCc1c(S(=O)(=O)Nc2ccccn2)n[nH]c1C. The van der Waals surface area contributed by atoms with Gasteiger partial charge in [-0.25, -0.2) is 4.98 Å². The van der Waals surface area contributed by atoms with Crippen molar-refractivity contribution in [3.05, 3.63) is 35.7 Å². The quantitative estimate of drug-likeness (QED) is 0.746. The Bertz CT molecular complexity index is 651. The number of H-pyrrole nitrogens is 1. The van der Waals surface area contributed by atoms with Crippen LogP contribution in [0.2, 0.25) is 0 Å². The highest BCUT2D eigenvalue weighted by Crippen LogP contribution is 2.18. The van der Waals surface area contributed by atoms with Gasteiger partial charge in [-0.15, -0.1) is 0 Å². The Kier molecular flexibility index (Phi) is 3.82. The van der Waals surface area contributed by atoms with Crippen LogP contribution >= 0.6 is 0 Å². The number of aromatic nitrogens is 3. The van der Waals surface area contributed by atoms with Crippen molar-refractivity contribution in [3.8, 4) is 0 Å². The lowest BCUT2D eigenvalue weighted by Crippen LogP contribution is -2.18. The summed E-state index contributed by atoms with van der Waals surface area (Å²) in [5, 5.41) is 9.45. The third-order valence-electron chi connectivity index (χ3n) is 2.55. The van der Waals surface area contributed by atoms with Gasteiger partial charge in [-0.1, -0.05) is 6.07 Å². The van der Waals surface area contributed by atoms with Crippen LogP contribution in [-0.4, -0.2) is 30.6 Å². The maximum atomic E-state index is 12.2. The number of sulfonamides is 1. The molecule has 0 atom stereocenters. The van der Waals surface area contributed by atoms with Crippen molar-refractivity contribution in [2.75, 3.05) is 11.8 Å². The molecule has 8 heteroatoms. The van der Waals surface area contributed by atoms with Crippen LogP contribution in [0.5, 0.6) is 0 Å². The van der Waals surface area contributed by atoms with E-state index >= 15 is 0 Å². The summed E-state index contributed by atoms with van der Waals surface area (Å²) in [5.41, 5.74) is 1.33. The second kappa shape index (κ2) is 5.37. The van der Waals surface area contributed by atoms with Gasteiger partial charge in [0.15, 0.2) is 0 Å². The fourth-order valence-corrected chi connectivity index (χ4v) is 2.85. The molecule has 0 fully saturated rings. The second-order valence-corrected chi connectivity index (χ2v) is 5.58. The molecule has 0 aliphatic carbocycles. The first-order valence-corrected chi connectivity index (χ1v) is 7.15. The van der Waals surface area contributed by atoms with Gasteiger partial charge in [-0.3, -0.25) is 9.82 Å². The largest absolute Gasteiger partial charge is 0.316 e. The molecule has 0 aliphatic rings. The Labute approximate surface area is 111 Å². The molecule has 19 heavy (non-hydrogen) atoms. The lowest BCUT2D eigenvalue weighted by Gasteiger charge is -2.07. The number of hydrogen-bond acceptors (Lipinski definition) is 5. The predicted octanol–water partition coefficient (Wildman–Crippen LogP) is 0.633. The summed E-state index contributed by atoms with van der Waals surface area (Å²) in [4.78, 5) is 3.93. The smallest absolute Gasteiger partial charge is 0.282 e. The highest BCUT2D eigenvalue weighted by atomic mass is 32.2. The second-order valence-electron chi connectivity index (χ2n) is 3.98. The molecule has 0 radical (unpaired) electrons. The molecule has 0 saturated heterocycles. The third-order valence-corrected chi connectivity index (χ3v) is 3.87. The Morgan fingerprint density at radius 3 is 2.79 bits per heavy atom. The number of pyridine rings is 1. The molecule has 0 aromatic carbocycles. The average molecular weight is 281 g/mol. The zero-order valence-corrected chi connectivity index (χ0v) is 11.5. The summed E-state index contributed by atoms with van der Waals surface area (Å²) < 4.78 is 26.9. The van der Waals surface area contributed by atoms with Gasteiger partial charge in [0, 0.05) is 24.0 Å². The van der Waals surface area contributed by atoms with E-state index in [-0.39, 0.29) is 10.8 Å². The molecule has 0 bridgehead atoms. The standard InChI is InChI=1S/C11H15N5O2S/c1-8-9(7-12-2)11(15-14-8)19(17,18)16-10-5-3-4-6-13-10/h3-6,12H,7H2,1-2H3,(H,13,16)(H,14,15). The summed E-state index contributed by atoms with van der Waals surface area (Å²) in [6.07, 6.45) is 1.52. The predicted molar refractivity (Wildman–Crippen MR) is 71.1 cm³/mol. The van der Waals surface area contributed by atoms with Crippen LogP contribution in [0.1, 0.15) is 11.3 Å². The lowest BCUT2D eigenvalue weighted by atomic mass is 10.3. The molecule has 0 unspecified atom stereocenters. The van der Waals surface area contributed by atoms with Crippen LogP contribution in [0.25, 0.3) is 0 Å². The van der Waals surface area contributed by atoms with Crippen LogP contribution in [0.15, 0.2) is 29.4 Å². The van der Waals surface area contributed by atoms with Crippen LogP contribution in [-0.2, 0) is 16.6 Å². The maximum Gasteiger partial charge on any atom is 0.282 e. The van der Waals surface area contributed by atoms with E-state index in [9.17, 15) is 8.42 Å². The minimum atomic E-state index is -3.74. The number of hydrogen-bond donors (Lipinski definition) is 3. The zero-order valence-electron chi connectivity index (χ0n) is 10.6. The zero-order chi connectivity index (χ0) is 13.9. The molecule has 0 aliphatic heterocycles. The first kappa shape index (κ1) is 13.5. The molecule has 3 N–H and O–H groups in total. The van der Waals surface area contributed by atoms with E-state index in [0.717, 1.165) is 5.69 Å². The fraction of sp³-hybridized carbons (Fsp3) is 0.273. The summed E-state index contributed by atoms with van der Waals surface area (Å²) in [5.74, 6) is 0.263. The summed E-state index contributed by atoms with van der Waals surface area (Å²) >= 11 is 0. The first-order valence-electron chi connectivity index (χ1n) is 5.67. The number of nitrogens with one attached hydrogen (secondary N) is 3. The molecule has 2 aromatic rings. The molecular weight excluding hydrogens is 266 g/mol. The van der Waals surface area contributed by atoms with E-state index in [1.807, 2.05) is 0 Å². The Morgan fingerprint density at radius 1 is 1.37 bits per heavy atom. The number of anilines is 1. The van der Waals surface area contributed by atoms with E-state index in [1.54, 1.807) is 32.2 Å². The molecular formula is C11H15N5O2S. The number of aryl methyl sites for hydroxylation is 1. The Balaban J connectivity index is 2.35. The Morgan fingerprint density at radius 2 is 2.16 bits per heavy atom. The van der Waals surface area contributed by atoms with E-state index < -0.39 is 10.0 Å². The van der Waals surface area contributed by atoms with Crippen molar-refractivity contribution in [1.29, 1.82) is 0 Å². The molecule has 0 amide bonds. The van der Waals surface area contributed by atoms with E-state index in [2.05, 4.69) is 25.2 Å². The van der Waals surface area contributed by atoms with Gasteiger partial charge in [-0.2, -0.15) is 13.5 Å². The lowest BCUT2D eigenvalue weighted by molar-refractivity contribution is 0.595. The molecule has 2 aromatic heterocycles. The first-order chi connectivity index (χ1) is 9.04. The van der Waals surface area contributed by atoms with Crippen molar-refractivity contribution in [2.24, 2.45) is 0 Å². The van der Waals surface area contributed by atoms with Crippen molar-refractivity contribution in [3.63, 3.8) is 0 Å². The topological polar surface area (TPSA) is 99.8 Å². The van der Waals surface area contributed by atoms with Gasteiger partial charge in [0.1, 0.15) is 5.82 Å². The van der Waals surface area contributed by atoms with Crippen LogP contribution in [0, 0.1) is 6.92 Å². The molecule has 102 valence electrons. The minimum absolute atomic E-state index is 0.00926. The summed E-state index contributed by atoms with van der Waals surface area (Å²) in [6.45, 7) is 2.19. The molecule has 0 saturated carbocycles. The number of rotatable bonds is 5. The van der Waals surface area contributed by atoms with Gasteiger partial charge in [-0.05, 0) is 26.1 Å². The van der Waals surface area contributed by atoms with Gasteiger partial charge in [0.25, 0.3) is 10.0 Å². The van der Waals surface area contributed by atoms with Crippen molar-refractivity contribution >= 4 is 15.8 Å². The average Bonchev–Trinajstić information content (AvgIpc) is 2.73. The molecule has 0 spiro atoms. The van der Waals surface area contributed by atoms with Gasteiger partial charge in [0.05, 0.1) is 0 Å². The third kappa shape index (κ3) is 2.91. The van der Waals surface area contributed by atoms with Crippen LogP contribution < -0.4 is 10.0 Å². The summed E-state index contributed by atoms with van der Waals surface area (Å²) in [7, 11) is -2.00. The highest BCUT2D eigenvalue weighted by Gasteiger charge is 2.23. The number of nitrogens with zero attached hydrogens (tertiary/aromatic N) is 2.